The first-order chi connectivity index (χ1) is 9.00. The number of amides is 1. The maximum atomic E-state index is 11.6. The zero-order valence-electron chi connectivity index (χ0n) is 11.7. The number of carbonyl (C=O) groups excluding carboxylic acids is 1. The van der Waals surface area contributed by atoms with Crippen molar-refractivity contribution in [1.29, 1.82) is 0 Å². The molecule has 0 radical (unpaired) electrons. The van der Waals surface area contributed by atoms with Crippen LogP contribution in [0.25, 0.3) is 0 Å². The summed E-state index contributed by atoms with van der Waals surface area (Å²) in [6.07, 6.45) is 4.75. The van der Waals surface area contributed by atoms with Crippen molar-refractivity contribution in [2.45, 2.75) is 38.6 Å². The molecule has 0 aromatic heterocycles. The number of nitrogens with two attached hydrogens (primary N) is 2. The van der Waals surface area contributed by atoms with Crippen LogP contribution in [0.1, 0.15) is 43.0 Å². The molecule has 1 aromatic rings. The summed E-state index contributed by atoms with van der Waals surface area (Å²) < 4.78 is 0. The van der Waals surface area contributed by atoms with E-state index < -0.39 is 5.91 Å². The molecule has 19 heavy (non-hydrogen) atoms. The van der Waals surface area contributed by atoms with Gasteiger partial charge in [0.15, 0.2) is 0 Å². The van der Waals surface area contributed by atoms with Crippen molar-refractivity contribution in [3.63, 3.8) is 0 Å². The van der Waals surface area contributed by atoms with Gasteiger partial charge in [0, 0.05) is 13.1 Å². The van der Waals surface area contributed by atoms with E-state index in [1.807, 2.05) is 13.1 Å². The zero-order chi connectivity index (χ0) is 14.0. The summed E-state index contributed by atoms with van der Waals surface area (Å²) in [6.45, 7) is 2.29. The number of hydrogen-bond donors (Lipinski definition) is 2. The molecule has 0 aliphatic heterocycles. The third-order valence-electron chi connectivity index (χ3n) is 4.22. The number of nitrogens with zero attached hydrogens (tertiary/aromatic N) is 1. The van der Waals surface area contributed by atoms with Gasteiger partial charge in [-0.3, -0.25) is 4.79 Å². The number of para-hydroxylation sites is 1. The van der Waals surface area contributed by atoms with E-state index in [4.69, 9.17) is 11.5 Å². The van der Waals surface area contributed by atoms with Gasteiger partial charge in [0.2, 0.25) is 0 Å². The lowest BCUT2D eigenvalue weighted by atomic mass is 9.86. The summed E-state index contributed by atoms with van der Waals surface area (Å²) >= 11 is 0. The van der Waals surface area contributed by atoms with E-state index in [1.54, 1.807) is 12.1 Å². The summed E-state index contributed by atoms with van der Waals surface area (Å²) in [6, 6.07) is 5.79. The Labute approximate surface area is 114 Å². The Hall–Kier alpha value is -1.71. The molecule has 1 aromatic carbocycles. The molecule has 104 valence electrons. The second-order valence-electron chi connectivity index (χ2n) is 5.63. The molecule has 0 spiro atoms. The average Bonchev–Trinajstić information content (AvgIpc) is 2.38. The minimum absolute atomic E-state index is 0.418. The molecular formula is C15H23N3O. The summed E-state index contributed by atoms with van der Waals surface area (Å²) in [7, 11) is 2.01. The maximum absolute atomic E-state index is 11.6. The van der Waals surface area contributed by atoms with E-state index >= 15 is 0 Å². The number of carbonyl (C=O) groups is 1. The van der Waals surface area contributed by atoms with Gasteiger partial charge in [0.05, 0.1) is 16.9 Å². The normalized spacial score (nSPS) is 23.1. The van der Waals surface area contributed by atoms with Crippen molar-refractivity contribution in [2.24, 2.45) is 11.7 Å². The van der Waals surface area contributed by atoms with Crippen LogP contribution in [0.2, 0.25) is 0 Å². The predicted molar refractivity (Wildman–Crippen MR) is 79.2 cm³/mol. The van der Waals surface area contributed by atoms with E-state index in [1.165, 1.54) is 12.8 Å². The third-order valence-corrected chi connectivity index (χ3v) is 4.22. The van der Waals surface area contributed by atoms with Crippen LogP contribution in [0.15, 0.2) is 18.2 Å². The van der Waals surface area contributed by atoms with Crippen LogP contribution in [0.4, 0.5) is 11.4 Å². The summed E-state index contributed by atoms with van der Waals surface area (Å²) in [5, 5.41) is 0. The lowest BCUT2D eigenvalue weighted by molar-refractivity contribution is 0.100. The number of anilines is 2. The van der Waals surface area contributed by atoms with Gasteiger partial charge < -0.3 is 16.4 Å². The first kappa shape index (κ1) is 13.7. The van der Waals surface area contributed by atoms with Crippen LogP contribution in [0.3, 0.4) is 0 Å². The van der Waals surface area contributed by atoms with Crippen molar-refractivity contribution >= 4 is 17.3 Å². The van der Waals surface area contributed by atoms with Gasteiger partial charge in [-0.15, -0.1) is 0 Å². The third kappa shape index (κ3) is 2.83. The Morgan fingerprint density at radius 2 is 1.89 bits per heavy atom. The first-order valence-electron chi connectivity index (χ1n) is 6.91. The highest BCUT2D eigenvalue weighted by molar-refractivity contribution is 6.01. The second kappa shape index (κ2) is 5.51. The fraction of sp³-hybridized carbons (Fsp3) is 0.533. The van der Waals surface area contributed by atoms with Crippen molar-refractivity contribution < 1.29 is 4.79 Å². The molecule has 1 amide bonds. The van der Waals surface area contributed by atoms with E-state index in [0.29, 0.717) is 17.3 Å². The van der Waals surface area contributed by atoms with Gasteiger partial charge in [0.25, 0.3) is 5.91 Å². The molecule has 4 nitrogen and oxygen atoms in total. The number of rotatable bonds is 3. The van der Waals surface area contributed by atoms with Crippen LogP contribution >= 0.6 is 0 Å². The van der Waals surface area contributed by atoms with E-state index in [-0.39, 0.29) is 0 Å². The summed E-state index contributed by atoms with van der Waals surface area (Å²) in [5.41, 5.74) is 13.4. The minimum Gasteiger partial charge on any atom is -0.397 e. The summed E-state index contributed by atoms with van der Waals surface area (Å²) in [4.78, 5) is 13.7. The van der Waals surface area contributed by atoms with Crippen LogP contribution in [0, 0.1) is 5.92 Å². The number of primary amides is 1. The Morgan fingerprint density at radius 1 is 1.26 bits per heavy atom. The van der Waals surface area contributed by atoms with Crippen molar-refractivity contribution in [1.82, 2.24) is 0 Å². The van der Waals surface area contributed by atoms with Gasteiger partial charge in [-0.1, -0.05) is 13.0 Å². The monoisotopic (exact) mass is 261 g/mol. The van der Waals surface area contributed by atoms with Gasteiger partial charge in [-0.2, -0.15) is 0 Å². The van der Waals surface area contributed by atoms with Crippen LogP contribution in [-0.4, -0.2) is 19.0 Å². The first-order valence-corrected chi connectivity index (χ1v) is 6.91. The fourth-order valence-electron chi connectivity index (χ4n) is 2.97. The largest absolute Gasteiger partial charge is 0.397 e. The van der Waals surface area contributed by atoms with E-state index in [2.05, 4.69) is 11.8 Å². The Bertz CT molecular complexity index is 464. The molecular weight excluding hydrogens is 238 g/mol. The standard InChI is InChI=1S/C15H23N3O/c1-10-6-8-11(9-7-10)18(2)14-12(15(17)19)4-3-5-13(14)16/h3-5,10-11H,6-9,16H2,1-2H3,(H2,17,19). The SMILES string of the molecule is CC1CCC(N(C)c2c(N)cccc2C(N)=O)CC1. The van der Waals surface area contributed by atoms with Crippen molar-refractivity contribution in [3.8, 4) is 0 Å². The van der Waals surface area contributed by atoms with Gasteiger partial charge in [-0.25, -0.2) is 0 Å². The maximum Gasteiger partial charge on any atom is 0.250 e. The molecule has 1 fully saturated rings. The van der Waals surface area contributed by atoms with Gasteiger partial charge in [-0.05, 0) is 43.7 Å². The highest BCUT2D eigenvalue weighted by Crippen LogP contribution is 2.34. The molecule has 1 aliphatic rings. The fourth-order valence-corrected chi connectivity index (χ4v) is 2.97. The van der Waals surface area contributed by atoms with E-state index in [9.17, 15) is 4.79 Å². The average molecular weight is 261 g/mol. The molecule has 0 atom stereocenters. The summed E-state index contributed by atoms with van der Waals surface area (Å²) in [5.74, 6) is 0.381. The lowest BCUT2D eigenvalue weighted by Gasteiger charge is -2.36. The molecule has 0 saturated heterocycles. The topological polar surface area (TPSA) is 72.3 Å². The zero-order valence-corrected chi connectivity index (χ0v) is 11.7. The second-order valence-corrected chi connectivity index (χ2v) is 5.63. The molecule has 4 heteroatoms. The number of nitrogen functional groups attached to an aromatic ring is 1. The van der Waals surface area contributed by atoms with E-state index in [0.717, 1.165) is 24.4 Å². The molecule has 0 bridgehead atoms. The minimum atomic E-state index is -0.418. The molecule has 2 rings (SSSR count). The molecule has 4 N–H and O–H groups in total. The van der Waals surface area contributed by atoms with Crippen LogP contribution in [0.5, 0.6) is 0 Å². The lowest BCUT2D eigenvalue weighted by Crippen LogP contribution is -2.36. The Morgan fingerprint density at radius 3 is 2.47 bits per heavy atom. The highest BCUT2D eigenvalue weighted by atomic mass is 16.1. The smallest absolute Gasteiger partial charge is 0.250 e. The Kier molecular flexibility index (Phi) is 3.98. The molecule has 1 saturated carbocycles. The van der Waals surface area contributed by atoms with Crippen molar-refractivity contribution in [3.05, 3.63) is 23.8 Å². The quantitative estimate of drug-likeness (QED) is 0.820. The number of hydrogen-bond acceptors (Lipinski definition) is 3. The van der Waals surface area contributed by atoms with Gasteiger partial charge in [0.1, 0.15) is 0 Å². The molecule has 0 unspecified atom stereocenters. The number of benzene rings is 1. The van der Waals surface area contributed by atoms with Crippen LogP contribution < -0.4 is 16.4 Å². The van der Waals surface area contributed by atoms with Crippen molar-refractivity contribution in [2.75, 3.05) is 17.7 Å². The predicted octanol–water partition coefficient (Wildman–Crippen LogP) is 2.38. The molecule has 1 aliphatic carbocycles. The van der Waals surface area contributed by atoms with Crippen LogP contribution in [-0.2, 0) is 0 Å². The molecule has 0 heterocycles. The Balaban J connectivity index is 2.28. The highest BCUT2D eigenvalue weighted by Gasteiger charge is 2.25. The van der Waals surface area contributed by atoms with Gasteiger partial charge >= 0.3 is 0 Å².